The number of benzene rings is 2. The zero-order chi connectivity index (χ0) is 21.8. The molecule has 1 heterocycles. The van der Waals surface area contributed by atoms with Gasteiger partial charge in [-0.3, -0.25) is 19.5 Å². The quantitative estimate of drug-likeness (QED) is 0.462. The number of fused-ring (bicyclic) bond motifs is 1. The molecule has 0 saturated carbocycles. The number of rotatable bonds is 5. The standard InChI is InChI=1S/C21H21ClN4O3S/c1-4-23-20(29)25-18(27)13(3)30-21-24-16-11-14(22)9-10-15(16)19(28)26(21)17-8-6-5-7-12(17)2/h5-11,13H,4H2,1-3H3,(H2,23,25,27,29). The van der Waals surface area contributed by atoms with E-state index in [1.165, 1.54) is 4.57 Å². The van der Waals surface area contributed by atoms with E-state index in [0.29, 0.717) is 33.3 Å². The Morgan fingerprint density at radius 1 is 1.23 bits per heavy atom. The highest BCUT2D eigenvalue weighted by Crippen LogP contribution is 2.27. The maximum Gasteiger partial charge on any atom is 0.321 e. The molecule has 2 aromatic carbocycles. The molecule has 156 valence electrons. The van der Waals surface area contributed by atoms with Crippen LogP contribution in [0.25, 0.3) is 16.6 Å². The lowest BCUT2D eigenvalue weighted by Gasteiger charge is -2.17. The van der Waals surface area contributed by atoms with Gasteiger partial charge in [-0.05, 0) is 50.6 Å². The number of imide groups is 1. The summed E-state index contributed by atoms with van der Waals surface area (Å²) in [6.45, 7) is 5.71. The van der Waals surface area contributed by atoms with Crippen LogP contribution in [-0.2, 0) is 4.79 Å². The van der Waals surface area contributed by atoms with Gasteiger partial charge in [0.1, 0.15) is 0 Å². The maximum atomic E-state index is 13.3. The molecule has 3 aromatic rings. The van der Waals surface area contributed by atoms with Crippen molar-refractivity contribution in [3.8, 4) is 5.69 Å². The summed E-state index contributed by atoms with van der Waals surface area (Å²) in [4.78, 5) is 42.0. The van der Waals surface area contributed by atoms with E-state index in [4.69, 9.17) is 11.6 Å². The summed E-state index contributed by atoms with van der Waals surface area (Å²) in [7, 11) is 0. The number of halogens is 1. The zero-order valence-electron chi connectivity index (χ0n) is 16.7. The molecule has 9 heteroatoms. The average Bonchev–Trinajstić information content (AvgIpc) is 2.69. The average molecular weight is 445 g/mol. The van der Waals surface area contributed by atoms with Gasteiger partial charge >= 0.3 is 6.03 Å². The van der Waals surface area contributed by atoms with E-state index in [9.17, 15) is 14.4 Å². The first-order chi connectivity index (χ1) is 14.3. The van der Waals surface area contributed by atoms with Gasteiger partial charge in [0.25, 0.3) is 5.56 Å². The van der Waals surface area contributed by atoms with Crippen LogP contribution in [0.15, 0.2) is 52.4 Å². The summed E-state index contributed by atoms with van der Waals surface area (Å²) >= 11 is 7.18. The molecule has 0 aliphatic rings. The van der Waals surface area contributed by atoms with Gasteiger partial charge in [0.2, 0.25) is 5.91 Å². The van der Waals surface area contributed by atoms with E-state index in [1.807, 2.05) is 31.2 Å². The Balaban J connectivity index is 2.09. The lowest BCUT2D eigenvalue weighted by Crippen LogP contribution is -2.42. The van der Waals surface area contributed by atoms with Crippen LogP contribution in [0.5, 0.6) is 0 Å². The van der Waals surface area contributed by atoms with E-state index in [-0.39, 0.29) is 5.56 Å². The number of aryl methyl sites for hydroxylation is 1. The number of amides is 3. The number of hydrogen-bond acceptors (Lipinski definition) is 5. The summed E-state index contributed by atoms with van der Waals surface area (Å²) in [5.74, 6) is -0.484. The minimum atomic E-state index is -0.675. The Labute approximate surface area is 182 Å². The Morgan fingerprint density at radius 3 is 2.67 bits per heavy atom. The summed E-state index contributed by atoms with van der Waals surface area (Å²) in [6.07, 6.45) is 0. The van der Waals surface area contributed by atoms with Crippen LogP contribution in [0.3, 0.4) is 0 Å². The van der Waals surface area contributed by atoms with Gasteiger partial charge in [-0.15, -0.1) is 0 Å². The van der Waals surface area contributed by atoms with E-state index in [1.54, 1.807) is 32.0 Å². The van der Waals surface area contributed by atoms with Crippen LogP contribution >= 0.6 is 23.4 Å². The summed E-state index contributed by atoms with van der Waals surface area (Å²) < 4.78 is 1.49. The highest BCUT2D eigenvalue weighted by atomic mass is 35.5. The van der Waals surface area contributed by atoms with E-state index in [0.717, 1.165) is 17.3 Å². The van der Waals surface area contributed by atoms with Crippen LogP contribution in [-0.4, -0.2) is 33.3 Å². The van der Waals surface area contributed by atoms with Crippen LogP contribution in [0.4, 0.5) is 4.79 Å². The van der Waals surface area contributed by atoms with Crippen molar-refractivity contribution in [1.82, 2.24) is 20.2 Å². The first-order valence-electron chi connectivity index (χ1n) is 9.35. The molecule has 0 radical (unpaired) electrons. The van der Waals surface area contributed by atoms with E-state index in [2.05, 4.69) is 15.6 Å². The number of urea groups is 1. The number of nitrogens with one attached hydrogen (secondary N) is 2. The monoisotopic (exact) mass is 444 g/mol. The Bertz CT molecular complexity index is 1180. The molecule has 3 rings (SSSR count). The fourth-order valence-electron chi connectivity index (χ4n) is 2.87. The number of carbonyl (C=O) groups excluding carboxylic acids is 2. The Morgan fingerprint density at radius 2 is 1.97 bits per heavy atom. The van der Waals surface area contributed by atoms with E-state index >= 15 is 0 Å². The molecule has 0 spiro atoms. The molecule has 0 fully saturated rings. The van der Waals surface area contributed by atoms with Gasteiger partial charge in [-0.2, -0.15) is 0 Å². The number of aromatic nitrogens is 2. The molecule has 7 nitrogen and oxygen atoms in total. The van der Waals surface area contributed by atoms with E-state index < -0.39 is 17.2 Å². The second-order valence-electron chi connectivity index (χ2n) is 6.59. The SMILES string of the molecule is CCNC(=O)NC(=O)C(C)Sc1nc2cc(Cl)ccc2c(=O)n1-c1ccccc1C. The lowest BCUT2D eigenvalue weighted by atomic mass is 10.2. The van der Waals surface area contributed by atoms with Gasteiger partial charge in [-0.1, -0.05) is 41.6 Å². The normalized spacial score (nSPS) is 11.9. The fraction of sp³-hybridized carbons (Fsp3) is 0.238. The first-order valence-corrected chi connectivity index (χ1v) is 10.6. The predicted molar refractivity (Wildman–Crippen MR) is 120 cm³/mol. The van der Waals surface area contributed by atoms with Crippen molar-refractivity contribution in [3.63, 3.8) is 0 Å². The molecule has 30 heavy (non-hydrogen) atoms. The molecule has 3 amide bonds. The van der Waals surface area contributed by atoms with Crippen molar-refractivity contribution >= 4 is 46.2 Å². The lowest BCUT2D eigenvalue weighted by molar-refractivity contribution is -0.119. The summed E-state index contributed by atoms with van der Waals surface area (Å²) in [5, 5.41) is 5.34. The molecular formula is C21H21ClN4O3S. The number of thioether (sulfide) groups is 1. The number of carbonyl (C=O) groups is 2. The molecule has 0 aliphatic heterocycles. The third-order valence-electron chi connectivity index (χ3n) is 4.38. The maximum absolute atomic E-state index is 13.3. The number of nitrogens with zero attached hydrogens (tertiary/aromatic N) is 2. The molecule has 1 unspecified atom stereocenters. The smallest absolute Gasteiger partial charge is 0.321 e. The second kappa shape index (κ2) is 9.32. The zero-order valence-corrected chi connectivity index (χ0v) is 18.3. The Hall–Kier alpha value is -2.84. The second-order valence-corrected chi connectivity index (χ2v) is 8.34. The van der Waals surface area contributed by atoms with Gasteiger partial charge < -0.3 is 5.32 Å². The highest BCUT2D eigenvalue weighted by Gasteiger charge is 2.22. The Kier molecular flexibility index (Phi) is 6.79. The van der Waals surface area contributed by atoms with Crippen LogP contribution in [0.1, 0.15) is 19.4 Å². The molecule has 0 aliphatic carbocycles. The van der Waals surface area contributed by atoms with Crippen LogP contribution < -0.4 is 16.2 Å². The van der Waals surface area contributed by atoms with Crippen molar-refractivity contribution in [1.29, 1.82) is 0 Å². The number of para-hydroxylation sites is 1. The first kappa shape index (κ1) is 21.9. The van der Waals surface area contributed by atoms with Crippen LogP contribution in [0.2, 0.25) is 5.02 Å². The molecule has 1 aromatic heterocycles. The summed E-state index contributed by atoms with van der Waals surface area (Å²) in [5.41, 5.74) is 1.74. The summed E-state index contributed by atoms with van der Waals surface area (Å²) in [6, 6.07) is 11.8. The topological polar surface area (TPSA) is 93.1 Å². The highest BCUT2D eigenvalue weighted by molar-refractivity contribution is 8.00. The van der Waals surface area contributed by atoms with Crippen molar-refractivity contribution in [3.05, 3.63) is 63.4 Å². The number of hydrogen-bond donors (Lipinski definition) is 2. The van der Waals surface area contributed by atoms with Gasteiger partial charge in [-0.25, -0.2) is 9.78 Å². The third-order valence-corrected chi connectivity index (χ3v) is 5.67. The van der Waals surface area contributed by atoms with Gasteiger partial charge in [0.15, 0.2) is 5.16 Å². The molecule has 0 saturated heterocycles. The molecule has 1 atom stereocenters. The van der Waals surface area contributed by atoms with Crippen molar-refractivity contribution in [2.45, 2.75) is 31.2 Å². The predicted octanol–water partition coefficient (Wildman–Crippen LogP) is 3.67. The van der Waals surface area contributed by atoms with Crippen molar-refractivity contribution in [2.24, 2.45) is 0 Å². The van der Waals surface area contributed by atoms with Crippen molar-refractivity contribution < 1.29 is 9.59 Å². The van der Waals surface area contributed by atoms with Crippen molar-refractivity contribution in [2.75, 3.05) is 6.54 Å². The van der Waals surface area contributed by atoms with Crippen LogP contribution in [0, 0.1) is 6.92 Å². The fourth-order valence-corrected chi connectivity index (χ4v) is 3.96. The largest absolute Gasteiger partial charge is 0.338 e. The molecular weight excluding hydrogens is 424 g/mol. The molecule has 0 bridgehead atoms. The van der Waals surface area contributed by atoms with Gasteiger partial charge in [0.05, 0.1) is 21.8 Å². The third kappa shape index (κ3) is 4.66. The van der Waals surface area contributed by atoms with Gasteiger partial charge in [0, 0.05) is 11.6 Å². The minimum absolute atomic E-state index is 0.259. The molecule has 2 N–H and O–H groups in total. The minimum Gasteiger partial charge on any atom is -0.338 e.